The van der Waals surface area contributed by atoms with Gasteiger partial charge < -0.3 is 14.6 Å². The monoisotopic (exact) mass is 244 g/mol. The summed E-state index contributed by atoms with van der Waals surface area (Å²) in [6.45, 7) is 8.65. The van der Waals surface area contributed by atoms with E-state index >= 15 is 0 Å². The van der Waals surface area contributed by atoms with E-state index in [4.69, 9.17) is 14.6 Å². The Hall–Kier alpha value is -0.610. The van der Waals surface area contributed by atoms with Gasteiger partial charge in [-0.2, -0.15) is 0 Å². The van der Waals surface area contributed by atoms with Crippen molar-refractivity contribution in [2.75, 3.05) is 19.8 Å². The van der Waals surface area contributed by atoms with Crippen LogP contribution in [0.15, 0.2) is 0 Å². The minimum Gasteiger partial charge on any atom is -0.460 e. The Labute approximate surface area is 103 Å². The van der Waals surface area contributed by atoms with Crippen molar-refractivity contribution < 1.29 is 19.4 Å². The van der Waals surface area contributed by atoms with Crippen molar-refractivity contribution in [1.82, 2.24) is 0 Å². The van der Waals surface area contributed by atoms with E-state index in [1.54, 1.807) is 0 Å². The van der Waals surface area contributed by atoms with Gasteiger partial charge in [0.05, 0.1) is 12.5 Å². The molecule has 0 aliphatic heterocycles. The molecule has 0 amide bonds. The summed E-state index contributed by atoms with van der Waals surface area (Å²) < 4.78 is 10.7. The molecule has 1 aliphatic rings. The molecular formula is C13H24O4. The van der Waals surface area contributed by atoms with Gasteiger partial charge in [-0.25, -0.2) is 0 Å². The van der Waals surface area contributed by atoms with Crippen molar-refractivity contribution in [1.29, 1.82) is 0 Å². The number of esters is 1. The number of carbonyl (C=O) groups is 1. The summed E-state index contributed by atoms with van der Waals surface area (Å²) in [4.78, 5) is 11.6. The van der Waals surface area contributed by atoms with Crippen LogP contribution in [0.5, 0.6) is 0 Å². The summed E-state index contributed by atoms with van der Waals surface area (Å²) in [6.07, 6.45) is 1.04. The van der Waals surface area contributed by atoms with Gasteiger partial charge in [0.1, 0.15) is 5.60 Å². The number of carbonyl (C=O) groups excluding carboxylic acids is 1. The van der Waals surface area contributed by atoms with E-state index in [-0.39, 0.29) is 18.5 Å². The van der Waals surface area contributed by atoms with E-state index in [1.165, 1.54) is 0 Å². The highest BCUT2D eigenvalue weighted by Gasteiger charge is 2.36. The van der Waals surface area contributed by atoms with E-state index < -0.39 is 5.60 Å². The van der Waals surface area contributed by atoms with Crippen LogP contribution in [0.25, 0.3) is 0 Å². The molecule has 100 valence electrons. The van der Waals surface area contributed by atoms with Crippen LogP contribution in [0, 0.1) is 17.8 Å². The van der Waals surface area contributed by atoms with E-state index in [2.05, 4.69) is 0 Å². The number of hydrogen-bond acceptors (Lipinski definition) is 4. The fraction of sp³-hybridized carbons (Fsp3) is 0.923. The van der Waals surface area contributed by atoms with Crippen LogP contribution in [-0.4, -0.2) is 36.5 Å². The summed E-state index contributed by atoms with van der Waals surface area (Å²) >= 11 is 0. The highest BCUT2D eigenvalue weighted by Crippen LogP contribution is 2.37. The molecule has 3 atom stereocenters. The average molecular weight is 244 g/mol. The smallest absolute Gasteiger partial charge is 0.311 e. The van der Waals surface area contributed by atoms with Gasteiger partial charge in [-0.05, 0) is 46.0 Å². The Kier molecular flexibility index (Phi) is 4.95. The molecule has 1 rings (SSSR count). The van der Waals surface area contributed by atoms with Gasteiger partial charge in [-0.15, -0.1) is 0 Å². The van der Waals surface area contributed by atoms with Crippen LogP contribution in [-0.2, 0) is 14.3 Å². The van der Waals surface area contributed by atoms with E-state index in [0.717, 1.165) is 6.42 Å². The van der Waals surface area contributed by atoms with Crippen LogP contribution in [0.1, 0.15) is 34.1 Å². The second-order valence-electron chi connectivity index (χ2n) is 5.91. The van der Waals surface area contributed by atoms with Crippen LogP contribution in [0.2, 0.25) is 0 Å². The third kappa shape index (κ3) is 5.50. The summed E-state index contributed by atoms with van der Waals surface area (Å²) in [5, 5.41) is 8.87. The van der Waals surface area contributed by atoms with Gasteiger partial charge >= 0.3 is 5.97 Å². The van der Waals surface area contributed by atoms with Crippen molar-refractivity contribution >= 4 is 5.97 Å². The van der Waals surface area contributed by atoms with Gasteiger partial charge in [0, 0.05) is 13.2 Å². The van der Waals surface area contributed by atoms with Gasteiger partial charge in [0.15, 0.2) is 0 Å². The number of aliphatic hydroxyl groups is 1. The molecule has 1 N–H and O–H groups in total. The second-order valence-corrected chi connectivity index (χ2v) is 5.91. The molecule has 1 fully saturated rings. The molecule has 0 heterocycles. The number of aliphatic hydroxyl groups excluding tert-OH is 1. The quantitative estimate of drug-likeness (QED) is 0.721. The van der Waals surface area contributed by atoms with Crippen molar-refractivity contribution in [3.8, 4) is 0 Å². The number of hydrogen-bond donors (Lipinski definition) is 1. The Bertz CT molecular complexity index is 257. The largest absolute Gasteiger partial charge is 0.460 e. The molecule has 0 aromatic carbocycles. The highest BCUT2D eigenvalue weighted by atomic mass is 16.6. The first kappa shape index (κ1) is 14.5. The lowest BCUT2D eigenvalue weighted by molar-refractivity contribution is -0.161. The first-order chi connectivity index (χ1) is 7.83. The summed E-state index contributed by atoms with van der Waals surface area (Å²) in [5.74, 6) is 0.435. The minimum atomic E-state index is -0.441. The van der Waals surface area contributed by atoms with Crippen molar-refractivity contribution in [3.05, 3.63) is 0 Å². The first-order valence-corrected chi connectivity index (χ1v) is 6.25. The normalized spacial score (nSPS) is 25.5. The molecule has 1 saturated carbocycles. The Morgan fingerprint density at radius 3 is 2.53 bits per heavy atom. The van der Waals surface area contributed by atoms with E-state index in [0.29, 0.717) is 25.0 Å². The maximum Gasteiger partial charge on any atom is 0.311 e. The maximum absolute atomic E-state index is 11.6. The maximum atomic E-state index is 11.6. The zero-order valence-electron chi connectivity index (χ0n) is 11.2. The fourth-order valence-corrected chi connectivity index (χ4v) is 1.60. The average Bonchev–Trinajstić information content (AvgIpc) is 2.93. The van der Waals surface area contributed by atoms with Crippen molar-refractivity contribution in [2.24, 2.45) is 17.8 Å². The molecule has 0 saturated heterocycles. The first-order valence-electron chi connectivity index (χ1n) is 6.25. The predicted octanol–water partition coefficient (Wildman–Crippen LogP) is 1.61. The molecule has 4 heteroatoms. The Morgan fingerprint density at radius 1 is 1.41 bits per heavy atom. The Balaban J connectivity index is 2.12. The highest BCUT2D eigenvalue weighted by molar-refractivity contribution is 5.72. The summed E-state index contributed by atoms with van der Waals surface area (Å²) in [5.41, 5.74) is -0.441. The molecule has 0 bridgehead atoms. The third-order valence-corrected chi connectivity index (χ3v) is 2.81. The fourth-order valence-electron chi connectivity index (χ4n) is 1.60. The summed E-state index contributed by atoms with van der Waals surface area (Å²) in [6, 6.07) is 0. The van der Waals surface area contributed by atoms with Crippen LogP contribution in [0.3, 0.4) is 0 Å². The topological polar surface area (TPSA) is 55.8 Å². The predicted molar refractivity (Wildman–Crippen MR) is 64.5 cm³/mol. The molecule has 17 heavy (non-hydrogen) atoms. The van der Waals surface area contributed by atoms with Crippen LogP contribution in [0.4, 0.5) is 0 Å². The van der Waals surface area contributed by atoms with Gasteiger partial charge in [-0.1, -0.05) is 0 Å². The lowest BCUT2D eigenvalue weighted by atomic mass is 10.1. The van der Waals surface area contributed by atoms with Gasteiger partial charge in [0.25, 0.3) is 0 Å². The summed E-state index contributed by atoms with van der Waals surface area (Å²) in [7, 11) is 0. The molecule has 1 aliphatic carbocycles. The second kappa shape index (κ2) is 5.83. The van der Waals surface area contributed by atoms with Crippen molar-refractivity contribution in [2.45, 2.75) is 39.7 Å². The molecule has 1 unspecified atom stereocenters. The molecule has 0 radical (unpaired) electrons. The van der Waals surface area contributed by atoms with Crippen molar-refractivity contribution in [3.63, 3.8) is 0 Å². The molecule has 0 aromatic rings. The van der Waals surface area contributed by atoms with Gasteiger partial charge in [-0.3, -0.25) is 4.79 Å². The third-order valence-electron chi connectivity index (χ3n) is 2.81. The van der Waals surface area contributed by atoms with E-state index in [9.17, 15) is 4.79 Å². The van der Waals surface area contributed by atoms with Crippen LogP contribution >= 0.6 is 0 Å². The molecule has 0 aromatic heterocycles. The number of rotatable bonds is 6. The standard InChI is InChI=1S/C13H24O4/c1-9(12(15)17-13(2,3)4)7-16-8-11-5-10(11)6-14/h9-11,14H,5-8H2,1-4H3/t9?,10-,11-/m0/s1. The zero-order chi connectivity index (χ0) is 13.1. The molecule has 0 spiro atoms. The minimum absolute atomic E-state index is 0.216. The lowest BCUT2D eigenvalue weighted by Gasteiger charge is -2.22. The Morgan fingerprint density at radius 2 is 2.06 bits per heavy atom. The molecule has 4 nitrogen and oxygen atoms in total. The molecular weight excluding hydrogens is 220 g/mol. The van der Waals surface area contributed by atoms with E-state index in [1.807, 2.05) is 27.7 Å². The SMILES string of the molecule is CC(COC[C@@H]1C[C@H]1CO)C(=O)OC(C)(C)C. The lowest BCUT2D eigenvalue weighted by Crippen LogP contribution is -2.29. The van der Waals surface area contributed by atoms with Crippen LogP contribution < -0.4 is 0 Å². The van der Waals surface area contributed by atoms with Gasteiger partial charge in [0.2, 0.25) is 0 Å². The number of ether oxygens (including phenoxy) is 2. The zero-order valence-corrected chi connectivity index (χ0v) is 11.2.